The molecule has 0 radical (unpaired) electrons. The Labute approximate surface area is 118 Å². The van der Waals surface area contributed by atoms with Crippen LogP contribution >= 0.6 is 0 Å². The van der Waals surface area contributed by atoms with Crippen molar-refractivity contribution in [2.45, 2.75) is 25.2 Å². The van der Waals surface area contributed by atoms with E-state index in [9.17, 15) is 9.59 Å². The largest absolute Gasteiger partial charge is 0.468 e. The summed E-state index contributed by atoms with van der Waals surface area (Å²) >= 11 is 0. The van der Waals surface area contributed by atoms with Gasteiger partial charge in [-0.05, 0) is 42.2 Å². The predicted octanol–water partition coefficient (Wildman–Crippen LogP) is 2.07. The number of esters is 2. The van der Waals surface area contributed by atoms with Gasteiger partial charge in [-0.15, -0.1) is 0 Å². The molecule has 2 aliphatic carbocycles. The second-order valence-corrected chi connectivity index (χ2v) is 5.69. The number of carbonyl (C=O) groups is 2. The highest BCUT2D eigenvalue weighted by Crippen LogP contribution is 2.57. The third-order valence-electron chi connectivity index (χ3n) is 4.89. The average Bonchev–Trinajstić information content (AvgIpc) is 2.80. The maximum absolute atomic E-state index is 12.3. The van der Waals surface area contributed by atoms with Crippen molar-refractivity contribution >= 4 is 11.9 Å². The topological polar surface area (TPSA) is 52.6 Å². The lowest BCUT2D eigenvalue weighted by Gasteiger charge is -2.30. The maximum Gasteiger partial charge on any atom is 0.323 e. The number of methoxy groups -OCH3 is 2. The first-order valence-electron chi connectivity index (χ1n) is 6.88. The molecule has 2 aliphatic rings. The fourth-order valence-electron chi connectivity index (χ4n) is 4.01. The molecule has 20 heavy (non-hydrogen) atoms. The minimum Gasteiger partial charge on any atom is -0.468 e. The van der Waals surface area contributed by atoms with E-state index >= 15 is 0 Å². The number of ether oxygens (including phenoxy) is 2. The molecule has 0 saturated heterocycles. The molecule has 0 aromatic heterocycles. The quantitative estimate of drug-likeness (QED) is 0.612. The van der Waals surface area contributed by atoms with E-state index in [2.05, 4.69) is 12.1 Å². The van der Waals surface area contributed by atoms with Crippen molar-refractivity contribution < 1.29 is 19.1 Å². The number of hydrogen-bond donors (Lipinski definition) is 0. The standard InChI is InChI=1S/C16H18O4/c1-19-14(17)16(15(18)20-2)9-11-8-12(16)7-10-5-3-4-6-13(10)11/h3-6,11-12H,7-9H2,1-2H3/t11-,12+/m0/s1. The van der Waals surface area contributed by atoms with E-state index in [4.69, 9.17) is 9.47 Å². The van der Waals surface area contributed by atoms with Crippen LogP contribution in [0.3, 0.4) is 0 Å². The van der Waals surface area contributed by atoms with Crippen molar-refractivity contribution in [3.05, 3.63) is 35.4 Å². The van der Waals surface area contributed by atoms with E-state index in [1.54, 1.807) is 0 Å². The van der Waals surface area contributed by atoms with Gasteiger partial charge in [0.2, 0.25) is 0 Å². The van der Waals surface area contributed by atoms with Crippen LogP contribution < -0.4 is 0 Å². The fourth-order valence-corrected chi connectivity index (χ4v) is 4.01. The highest BCUT2D eigenvalue weighted by molar-refractivity contribution is 6.01. The molecule has 2 bridgehead atoms. The molecule has 3 rings (SSSR count). The molecule has 1 aromatic rings. The van der Waals surface area contributed by atoms with Gasteiger partial charge >= 0.3 is 11.9 Å². The molecule has 1 aromatic carbocycles. The minimum atomic E-state index is -1.13. The van der Waals surface area contributed by atoms with Crippen LogP contribution in [0.15, 0.2) is 24.3 Å². The molecule has 0 amide bonds. The van der Waals surface area contributed by atoms with Gasteiger partial charge in [-0.3, -0.25) is 9.59 Å². The molecule has 1 saturated carbocycles. The van der Waals surface area contributed by atoms with E-state index in [1.165, 1.54) is 25.3 Å². The number of hydrogen-bond acceptors (Lipinski definition) is 4. The van der Waals surface area contributed by atoms with E-state index in [0.29, 0.717) is 6.42 Å². The third kappa shape index (κ3) is 1.60. The van der Waals surface area contributed by atoms with Crippen LogP contribution in [0.2, 0.25) is 0 Å². The summed E-state index contributed by atoms with van der Waals surface area (Å²) in [5.41, 5.74) is 1.37. The van der Waals surface area contributed by atoms with Crippen LogP contribution in [0.4, 0.5) is 0 Å². The second kappa shape index (κ2) is 4.62. The maximum atomic E-state index is 12.3. The number of fused-ring (bicyclic) bond motifs is 4. The van der Waals surface area contributed by atoms with E-state index < -0.39 is 17.4 Å². The lowest BCUT2D eigenvalue weighted by atomic mass is 9.74. The monoisotopic (exact) mass is 274 g/mol. The Morgan fingerprint density at radius 2 is 1.80 bits per heavy atom. The van der Waals surface area contributed by atoms with Gasteiger partial charge in [-0.25, -0.2) is 0 Å². The van der Waals surface area contributed by atoms with Crippen LogP contribution in [0.1, 0.15) is 29.9 Å². The Kier molecular flexibility index (Phi) is 3.04. The van der Waals surface area contributed by atoms with Crippen molar-refractivity contribution in [2.24, 2.45) is 11.3 Å². The molecule has 0 N–H and O–H groups in total. The molecule has 0 aliphatic heterocycles. The highest BCUT2D eigenvalue weighted by atomic mass is 16.5. The Hall–Kier alpha value is -1.84. The van der Waals surface area contributed by atoms with Crippen molar-refractivity contribution in [3.8, 4) is 0 Å². The molecule has 0 unspecified atom stereocenters. The summed E-state index contributed by atoms with van der Waals surface area (Å²) in [4.78, 5) is 24.6. The first-order chi connectivity index (χ1) is 9.63. The number of benzene rings is 1. The predicted molar refractivity (Wildman–Crippen MR) is 72.1 cm³/mol. The molecular weight excluding hydrogens is 256 g/mol. The van der Waals surface area contributed by atoms with Crippen LogP contribution in [0.25, 0.3) is 0 Å². The molecule has 0 heterocycles. The lowest BCUT2D eigenvalue weighted by molar-refractivity contribution is -0.172. The van der Waals surface area contributed by atoms with Gasteiger partial charge in [0.15, 0.2) is 5.41 Å². The average molecular weight is 274 g/mol. The second-order valence-electron chi connectivity index (χ2n) is 5.69. The van der Waals surface area contributed by atoms with Crippen molar-refractivity contribution in [3.63, 3.8) is 0 Å². The Morgan fingerprint density at radius 3 is 2.45 bits per heavy atom. The lowest BCUT2D eigenvalue weighted by Crippen LogP contribution is -2.44. The first-order valence-corrected chi connectivity index (χ1v) is 6.88. The third-order valence-corrected chi connectivity index (χ3v) is 4.89. The van der Waals surface area contributed by atoms with Gasteiger partial charge < -0.3 is 9.47 Å². The Bertz CT molecular complexity index is 547. The molecule has 1 fully saturated rings. The normalized spacial score (nSPS) is 25.7. The molecule has 106 valence electrons. The van der Waals surface area contributed by atoms with Crippen LogP contribution in [-0.2, 0) is 25.5 Å². The molecule has 0 spiro atoms. The van der Waals surface area contributed by atoms with Crippen LogP contribution in [0, 0.1) is 11.3 Å². The van der Waals surface area contributed by atoms with Gasteiger partial charge in [0.1, 0.15) is 0 Å². The number of rotatable bonds is 2. The zero-order valence-corrected chi connectivity index (χ0v) is 11.7. The highest BCUT2D eigenvalue weighted by Gasteiger charge is 2.61. The Balaban J connectivity index is 2.06. The van der Waals surface area contributed by atoms with Crippen molar-refractivity contribution in [2.75, 3.05) is 14.2 Å². The van der Waals surface area contributed by atoms with E-state index in [-0.39, 0.29) is 11.8 Å². The Morgan fingerprint density at radius 1 is 1.15 bits per heavy atom. The number of carbonyl (C=O) groups excluding carboxylic acids is 2. The summed E-state index contributed by atoms with van der Waals surface area (Å²) in [5.74, 6) is -0.695. The zero-order chi connectivity index (χ0) is 14.3. The SMILES string of the molecule is COC(=O)C1(C(=O)OC)C[C@@H]2C[C@H]1Cc1ccccc12. The summed E-state index contributed by atoms with van der Waals surface area (Å²) in [6.45, 7) is 0. The first kappa shape index (κ1) is 13.2. The summed E-state index contributed by atoms with van der Waals surface area (Å²) in [7, 11) is 2.67. The summed E-state index contributed by atoms with van der Waals surface area (Å²) in [5, 5.41) is 0. The van der Waals surface area contributed by atoms with Crippen molar-refractivity contribution in [1.29, 1.82) is 0 Å². The molecule has 4 heteroatoms. The summed E-state index contributed by atoms with van der Waals surface area (Å²) in [6.07, 6.45) is 2.08. The van der Waals surface area contributed by atoms with Crippen molar-refractivity contribution in [1.82, 2.24) is 0 Å². The van der Waals surface area contributed by atoms with E-state index in [0.717, 1.165) is 12.8 Å². The van der Waals surface area contributed by atoms with Gasteiger partial charge in [-0.1, -0.05) is 24.3 Å². The van der Waals surface area contributed by atoms with Gasteiger partial charge in [-0.2, -0.15) is 0 Å². The van der Waals surface area contributed by atoms with Gasteiger partial charge in [0.05, 0.1) is 14.2 Å². The molecule has 2 atom stereocenters. The summed E-state index contributed by atoms with van der Waals surface area (Å²) in [6, 6.07) is 8.19. The molecule has 4 nitrogen and oxygen atoms in total. The van der Waals surface area contributed by atoms with E-state index in [1.807, 2.05) is 12.1 Å². The fraction of sp³-hybridized carbons (Fsp3) is 0.500. The minimum absolute atomic E-state index is 0.0256. The summed E-state index contributed by atoms with van der Waals surface area (Å²) < 4.78 is 9.86. The van der Waals surface area contributed by atoms with Crippen LogP contribution in [0.5, 0.6) is 0 Å². The van der Waals surface area contributed by atoms with Gasteiger partial charge in [0.25, 0.3) is 0 Å². The van der Waals surface area contributed by atoms with Gasteiger partial charge in [0, 0.05) is 0 Å². The zero-order valence-electron chi connectivity index (χ0n) is 11.7. The smallest absolute Gasteiger partial charge is 0.323 e. The van der Waals surface area contributed by atoms with Crippen LogP contribution in [-0.4, -0.2) is 26.2 Å². The molecular formula is C16H18O4.